The Morgan fingerprint density at radius 3 is 2.61 bits per heavy atom. The first-order chi connectivity index (χ1) is 8.83. The summed E-state index contributed by atoms with van der Waals surface area (Å²) in [5, 5.41) is 6.28. The Labute approximate surface area is 114 Å². The summed E-state index contributed by atoms with van der Waals surface area (Å²) in [5.41, 5.74) is 1.37. The summed E-state index contributed by atoms with van der Waals surface area (Å²) in [7, 11) is 0. The zero-order valence-electron chi connectivity index (χ0n) is 11.1. The molecule has 0 bridgehead atoms. The van der Waals surface area contributed by atoms with Crippen LogP contribution in [0.5, 0.6) is 0 Å². The predicted octanol–water partition coefficient (Wildman–Crippen LogP) is 4.07. The Morgan fingerprint density at radius 2 is 1.89 bits per heavy atom. The molecule has 0 saturated carbocycles. The first-order valence-electron chi connectivity index (χ1n) is 6.53. The van der Waals surface area contributed by atoms with Gasteiger partial charge in [-0.05, 0) is 35.1 Å². The van der Waals surface area contributed by atoms with Crippen LogP contribution < -0.4 is 5.32 Å². The molecule has 0 fully saturated rings. The molecule has 0 aliphatic rings. The van der Waals surface area contributed by atoms with Gasteiger partial charge in [-0.15, -0.1) is 0 Å². The number of fused-ring (bicyclic) bond motifs is 1. The third-order valence-electron chi connectivity index (χ3n) is 3.27. The van der Waals surface area contributed by atoms with E-state index in [2.05, 4.69) is 61.0 Å². The van der Waals surface area contributed by atoms with Crippen LogP contribution in [0.15, 0.2) is 42.5 Å². The van der Waals surface area contributed by atoms with Gasteiger partial charge >= 0.3 is 0 Å². The molecule has 0 saturated heterocycles. The molecule has 0 heterocycles. The highest BCUT2D eigenvalue weighted by molar-refractivity contribution is 7.98. The van der Waals surface area contributed by atoms with Crippen LogP contribution in [0.25, 0.3) is 10.8 Å². The quantitative estimate of drug-likeness (QED) is 0.839. The largest absolute Gasteiger partial charge is 0.309 e. The lowest BCUT2D eigenvalue weighted by Crippen LogP contribution is -2.30. The average molecular weight is 259 g/mol. The van der Waals surface area contributed by atoms with Crippen LogP contribution in [-0.2, 0) is 6.54 Å². The van der Waals surface area contributed by atoms with Crippen LogP contribution in [0.4, 0.5) is 0 Å². The van der Waals surface area contributed by atoms with E-state index in [0.717, 1.165) is 6.54 Å². The van der Waals surface area contributed by atoms with Gasteiger partial charge in [-0.3, -0.25) is 0 Å². The van der Waals surface area contributed by atoms with Crippen LogP contribution in [0.1, 0.15) is 18.9 Å². The molecular weight excluding hydrogens is 238 g/mol. The molecule has 2 rings (SSSR count). The van der Waals surface area contributed by atoms with E-state index in [4.69, 9.17) is 0 Å². The average Bonchev–Trinajstić information content (AvgIpc) is 2.43. The summed E-state index contributed by atoms with van der Waals surface area (Å²) in [5.74, 6) is 1.18. The number of hydrogen-bond donors (Lipinski definition) is 1. The molecule has 0 aliphatic heterocycles. The van der Waals surface area contributed by atoms with Crippen LogP contribution in [0.2, 0.25) is 0 Å². The molecule has 0 aliphatic carbocycles. The number of nitrogens with one attached hydrogen (secondary N) is 1. The summed E-state index contributed by atoms with van der Waals surface area (Å²) in [6.07, 6.45) is 3.36. The third-order valence-corrected chi connectivity index (χ3v) is 4.01. The molecule has 1 unspecified atom stereocenters. The van der Waals surface area contributed by atoms with Crippen molar-refractivity contribution in [2.45, 2.75) is 25.9 Å². The van der Waals surface area contributed by atoms with E-state index in [0.29, 0.717) is 6.04 Å². The molecule has 1 atom stereocenters. The van der Waals surface area contributed by atoms with E-state index in [-0.39, 0.29) is 0 Å². The molecule has 1 nitrogen and oxygen atoms in total. The Balaban J connectivity index is 2.03. The summed E-state index contributed by atoms with van der Waals surface area (Å²) < 4.78 is 0. The van der Waals surface area contributed by atoms with Gasteiger partial charge in [0.25, 0.3) is 0 Å². The van der Waals surface area contributed by atoms with Crippen molar-refractivity contribution in [3.63, 3.8) is 0 Å². The van der Waals surface area contributed by atoms with Gasteiger partial charge in [-0.2, -0.15) is 11.8 Å². The Hall–Kier alpha value is -0.990. The lowest BCUT2D eigenvalue weighted by atomic mass is 10.1. The molecule has 0 spiro atoms. The summed E-state index contributed by atoms with van der Waals surface area (Å²) >= 11 is 1.91. The minimum absolute atomic E-state index is 0.617. The maximum Gasteiger partial charge on any atom is 0.0208 e. The SMILES string of the molecule is CCC(CSC)NCc1ccc2ccccc2c1. The lowest BCUT2D eigenvalue weighted by molar-refractivity contribution is 0.541. The Bertz CT molecular complexity index is 495. The van der Waals surface area contributed by atoms with E-state index in [1.807, 2.05) is 11.8 Å². The summed E-state index contributed by atoms with van der Waals surface area (Å²) in [4.78, 5) is 0. The van der Waals surface area contributed by atoms with Crippen LogP contribution in [0, 0.1) is 0 Å². The molecule has 1 N–H and O–H groups in total. The molecule has 18 heavy (non-hydrogen) atoms. The highest BCUT2D eigenvalue weighted by Gasteiger charge is 2.04. The number of benzene rings is 2. The molecule has 0 aromatic heterocycles. The first-order valence-corrected chi connectivity index (χ1v) is 7.93. The van der Waals surface area contributed by atoms with Crippen molar-refractivity contribution in [2.24, 2.45) is 0 Å². The van der Waals surface area contributed by atoms with Crippen molar-refractivity contribution >= 4 is 22.5 Å². The van der Waals surface area contributed by atoms with Gasteiger partial charge in [0.15, 0.2) is 0 Å². The van der Waals surface area contributed by atoms with E-state index in [1.54, 1.807) is 0 Å². The molecule has 96 valence electrons. The minimum Gasteiger partial charge on any atom is -0.309 e. The van der Waals surface area contributed by atoms with Gasteiger partial charge in [-0.25, -0.2) is 0 Å². The number of hydrogen-bond acceptors (Lipinski definition) is 2. The monoisotopic (exact) mass is 259 g/mol. The lowest BCUT2D eigenvalue weighted by Gasteiger charge is -2.15. The molecule has 0 amide bonds. The van der Waals surface area contributed by atoms with Crippen molar-refractivity contribution in [1.29, 1.82) is 0 Å². The highest BCUT2D eigenvalue weighted by atomic mass is 32.2. The van der Waals surface area contributed by atoms with E-state index >= 15 is 0 Å². The fourth-order valence-electron chi connectivity index (χ4n) is 2.13. The Morgan fingerprint density at radius 1 is 1.11 bits per heavy atom. The molecular formula is C16H21NS. The highest BCUT2D eigenvalue weighted by Crippen LogP contribution is 2.15. The van der Waals surface area contributed by atoms with Gasteiger partial charge in [0.1, 0.15) is 0 Å². The fraction of sp³-hybridized carbons (Fsp3) is 0.375. The predicted molar refractivity (Wildman–Crippen MR) is 83.2 cm³/mol. The molecule has 2 heteroatoms. The fourth-order valence-corrected chi connectivity index (χ4v) is 2.89. The maximum absolute atomic E-state index is 3.63. The van der Waals surface area contributed by atoms with E-state index < -0.39 is 0 Å². The van der Waals surface area contributed by atoms with Gasteiger partial charge in [-0.1, -0.05) is 43.3 Å². The second-order valence-corrected chi connectivity index (χ2v) is 5.53. The van der Waals surface area contributed by atoms with E-state index in [9.17, 15) is 0 Å². The van der Waals surface area contributed by atoms with Crippen molar-refractivity contribution in [3.8, 4) is 0 Å². The zero-order chi connectivity index (χ0) is 12.8. The second-order valence-electron chi connectivity index (χ2n) is 4.62. The maximum atomic E-state index is 3.63. The number of thioether (sulfide) groups is 1. The molecule has 0 radical (unpaired) electrons. The molecule has 2 aromatic carbocycles. The van der Waals surface area contributed by atoms with Crippen LogP contribution in [-0.4, -0.2) is 18.1 Å². The van der Waals surface area contributed by atoms with Crippen molar-refractivity contribution in [1.82, 2.24) is 5.32 Å². The van der Waals surface area contributed by atoms with Crippen molar-refractivity contribution in [2.75, 3.05) is 12.0 Å². The van der Waals surface area contributed by atoms with Gasteiger partial charge < -0.3 is 5.32 Å². The third kappa shape index (κ3) is 3.50. The Kier molecular flexibility index (Phi) is 5.09. The van der Waals surface area contributed by atoms with Crippen molar-refractivity contribution < 1.29 is 0 Å². The standard InChI is InChI=1S/C16H21NS/c1-3-16(12-18-2)17-11-13-8-9-14-6-4-5-7-15(14)10-13/h4-10,16-17H,3,11-12H2,1-2H3. The van der Waals surface area contributed by atoms with Gasteiger partial charge in [0.2, 0.25) is 0 Å². The van der Waals surface area contributed by atoms with Gasteiger partial charge in [0.05, 0.1) is 0 Å². The summed E-state index contributed by atoms with van der Waals surface area (Å²) in [6.45, 7) is 3.21. The van der Waals surface area contributed by atoms with Crippen LogP contribution >= 0.6 is 11.8 Å². The van der Waals surface area contributed by atoms with Crippen LogP contribution in [0.3, 0.4) is 0 Å². The zero-order valence-corrected chi connectivity index (χ0v) is 12.0. The second kappa shape index (κ2) is 6.81. The minimum atomic E-state index is 0.617. The smallest absolute Gasteiger partial charge is 0.0208 e. The molecule has 2 aromatic rings. The topological polar surface area (TPSA) is 12.0 Å². The van der Waals surface area contributed by atoms with Crippen molar-refractivity contribution in [3.05, 3.63) is 48.0 Å². The number of rotatable bonds is 6. The normalized spacial score (nSPS) is 12.8. The van der Waals surface area contributed by atoms with Gasteiger partial charge in [0, 0.05) is 18.3 Å². The summed E-state index contributed by atoms with van der Waals surface area (Å²) in [6, 6.07) is 15.9. The van der Waals surface area contributed by atoms with E-state index in [1.165, 1.54) is 28.5 Å². The first kappa shape index (κ1) is 13.4.